The van der Waals surface area contributed by atoms with Crippen LogP contribution in [-0.4, -0.2) is 49.6 Å². The summed E-state index contributed by atoms with van der Waals surface area (Å²) < 4.78 is 16.7. The molecular weight excluding hydrogens is 444 g/mol. The number of methoxy groups -OCH3 is 1. The molecule has 0 heterocycles. The number of hydrogen-bond donors (Lipinski definition) is 1. The Balaban J connectivity index is 2.17. The van der Waals surface area contributed by atoms with Crippen LogP contribution < -0.4 is 19.5 Å². The van der Waals surface area contributed by atoms with E-state index in [2.05, 4.69) is 12.2 Å². The first-order valence-corrected chi connectivity index (χ1v) is 12.5. The van der Waals surface area contributed by atoms with Gasteiger partial charge in [0.15, 0.2) is 11.5 Å². The number of nitrogens with one attached hydrogen (secondary N) is 1. The van der Waals surface area contributed by atoms with Crippen LogP contribution in [-0.2, 0) is 22.6 Å². The first kappa shape index (κ1) is 28.0. The van der Waals surface area contributed by atoms with Crippen LogP contribution in [0.1, 0.15) is 58.1 Å². The lowest BCUT2D eigenvalue weighted by Crippen LogP contribution is -2.47. The fourth-order valence-electron chi connectivity index (χ4n) is 3.73. The second-order valence-corrected chi connectivity index (χ2v) is 8.34. The Kier molecular flexibility index (Phi) is 11.9. The number of hydrogen-bond acceptors (Lipinski definition) is 5. The maximum absolute atomic E-state index is 13.4. The summed E-state index contributed by atoms with van der Waals surface area (Å²) in [5.74, 6) is 1.86. The summed E-state index contributed by atoms with van der Waals surface area (Å²) in [6.07, 6.45) is 2.70. The van der Waals surface area contributed by atoms with Gasteiger partial charge in [-0.3, -0.25) is 9.59 Å². The largest absolute Gasteiger partial charge is 0.497 e. The quantitative estimate of drug-likeness (QED) is 0.369. The molecule has 0 aliphatic rings. The number of carbonyl (C=O) groups is 2. The van der Waals surface area contributed by atoms with E-state index >= 15 is 0 Å². The Morgan fingerprint density at radius 2 is 1.71 bits per heavy atom. The van der Waals surface area contributed by atoms with Crippen LogP contribution in [0.25, 0.3) is 0 Å². The fourth-order valence-corrected chi connectivity index (χ4v) is 3.73. The molecular formula is C28H40N2O5. The summed E-state index contributed by atoms with van der Waals surface area (Å²) in [5.41, 5.74) is 1.89. The van der Waals surface area contributed by atoms with Gasteiger partial charge in [-0.05, 0) is 69.0 Å². The van der Waals surface area contributed by atoms with Crippen LogP contribution >= 0.6 is 0 Å². The van der Waals surface area contributed by atoms with Gasteiger partial charge < -0.3 is 24.4 Å². The second-order valence-electron chi connectivity index (χ2n) is 8.34. The number of ether oxygens (including phenoxy) is 3. The molecule has 1 N–H and O–H groups in total. The summed E-state index contributed by atoms with van der Waals surface area (Å²) >= 11 is 0. The van der Waals surface area contributed by atoms with Crippen LogP contribution in [0.4, 0.5) is 0 Å². The molecule has 0 spiro atoms. The Hall–Kier alpha value is -3.22. The number of carbonyl (C=O) groups excluding carboxylic acids is 2. The smallest absolute Gasteiger partial charge is 0.242 e. The molecule has 1 atom stereocenters. The lowest BCUT2D eigenvalue weighted by atomic mass is 10.1. The van der Waals surface area contributed by atoms with Crippen LogP contribution in [0.5, 0.6) is 17.2 Å². The first-order chi connectivity index (χ1) is 16.9. The zero-order chi connectivity index (χ0) is 25.6. The van der Waals surface area contributed by atoms with E-state index in [0.29, 0.717) is 50.0 Å². The van der Waals surface area contributed by atoms with Crippen molar-refractivity contribution < 1.29 is 23.8 Å². The molecule has 0 unspecified atom stereocenters. The van der Waals surface area contributed by atoms with Gasteiger partial charge in [0.1, 0.15) is 11.8 Å². The minimum atomic E-state index is -0.593. The van der Waals surface area contributed by atoms with Crippen molar-refractivity contribution in [2.24, 2.45) is 0 Å². The SMILES string of the molecule is CCCCNC(=O)[C@@H](C)N(Cc1cccc(OC)c1)C(=O)CCc1ccc(OCC)c(OCC)c1. The molecule has 7 heteroatoms. The number of unbranched alkanes of at least 4 members (excludes halogenated alkanes) is 1. The zero-order valence-corrected chi connectivity index (χ0v) is 21.8. The highest BCUT2D eigenvalue weighted by Gasteiger charge is 2.26. The van der Waals surface area contributed by atoms with Gasteiger partial charge in [-0.25, -0.2) is 0 Å². The minimum absolute atomic E-state index is 0.0854. The third-order valence-corrected chi connectivity index (χ3v) is 5.72. The Labute approximate surface area is 209 Å². The summed E-state index contributed by atoms with van der Waals surface area (Å²) in [6, 6.07) is 12.7. The molecule has 35 heavy (non-hydrogen) atoms. The van der Waals surface area contributed by atoms with Crippen molar-refractivity contribution in [3.8, 4) is 17.2 Å². The van der Waals surface area contributed by atoms with E-state index in [1.807, 2.05) is 56.3 Å². The van der Waals surface area contributed by atoms with Crippen molar-refractivity contribution in [1.29, 1.82) is 0 Å². The molecule has 2 amide bonds. The molecule has 0 radical (unpaired) electrons. The Morgan fingerprint density at radius 3 is 2.40 bits per heavy atom. The molecule has 0 aromatic heterocycles. The number of aryl methyl sites for hydroxylation is 1. The molecule has 2 rings (SSSR count). The van der Waals surface area contributed by atoms with Crippen molar-refractivity contribution in [1.82, 2.24) is 10.2 Å². The van der Waals surface area contributed by atoms with E-state index in [9.17, 15) is 9.59 Å². The summed E-state index contributed by atoms with van der Waals surface area (Å²) in [5, 5.41) is 2.95. The maximum atomic E-state index is 13.4. The topological polar surface area (TPSA) is 77.1 Å². The van der Waals surface area contributed by atoms with E-state index in [1.165, 1.54) is 0 Å². The Morgan fingerprint density at radius 1 is 0.971 bits per heavy atom. The third kappa shape index (κ3) is 8.81. The van der Waals surface area contributed by atoms with Crippen LogP contribution in [0.3, 0.4) is 0 Å². The van der Waals surface area contributed by atoms with Crippen molar-refractivity contribution in [3.63, 3.8) is 0 Å². The molecule has 0 bridgehead atoms. The number of amides is 2. The summed E-state index contributed by atoms with van der Waals surface area (Å²) in [7, 11) is 1.61. The normalized spacial score (nSPS) is 11.5. The average molecular weight is 485 g/mol. The molecule has 192 valence electrons. The van der Waals surface area contributed by atoms with Crippen molar-refractivity contribution in [2.45, 2.75) is 66.0 Å². The van der Waals surface area contributed by atoms with Crippen molar-refractivity contribution in [3.05, 3.63) is 53.6 Å². The van der Waals surface area contributed by atoms with Gasteiger partial charge in [0.2, 0.25) is 11.8 Å². The molecule has 2 aromatic carbocycles. The molecule has 0 fully saturated rings. The number of rotatable bonds is 15. The highest BCUT2D eigenvalue weighted by Crippen LogP contribution is 2.29. The van der Waals surface area contributed by atoms with Crippen molar-refractivity contribution >= 4 is 11.8 Å². The van der Waals surface area contributed by atoms with Crippen LogP contribution in [0.2, 0.25) is 0 Å². The number of nitrogens with zero attached hydrogens (tertiary/aromatic N) is 1. The lowest BCUT2D eigenvalue weighted by Gasteiger charge is -2.29. The summed E-state index contributed by atoms with van der Waals surface area (Å²) in [6.45, 7) is 9.72. The highest BCUT2D eigenvalue weighted by molar-refractivity contribution is 5.87. The van der Waals surface area contributed by atoms with E-state index in [4.69, 9.17) is 14.2 Å². The Bertz CT molecular complexity index is 947. The van der Waals surface area contributed by atoms with Gasteiger partial charge in [0.25, 0.3) is 0 Å². The van der Waals surface area contributed by atoms with E-state index in [1.54, 1.807) is 18.9 Å². The van der Waals surface area contributed by atoms with Gasteiger partial charge in [0.05, 0.1) is 20.3 Å². The maximum Gasteiger partial charge on any atom is 0.242 e. The molecule has 7 nitrogen and oxygen atoms in total. The van der Waals surface area contributed by atoms with Crippen LogP contribution in [0.15, 0.2) is 42.5 Å². The molecule has 0 aliphatic heterocycles. The monoisotopic (exact) mass is 484 g/mol. The summed E-state index contributed by atoms with van der Waals surface area (Å²) in [4.78, 5) is 27.8. The predicted molar refractivity (Wildman–Crippen MR) is 138 cm³/mol. The molecule has 2 aromatic rings. The van der Waals surface area contributed by atoms with Crippen molar-refractivity contribution in [2.75, 3.05) is 26.9 Å². The first-order valence-electron chi connectivity index (χ1n) is 12.5. The van der Waals surface area contributed by atoms with Crippen LogP contribution in [0, 0.1) is 0 Å². The lowest BCUT2D eigenvalue weighted by molar-refractivity contribution is -0.140. The standard InChI is InChI=1S/C28H40N2O5/c1-6-9-17-29-28(32)21(4)30(20-23-11-10-12-24(18-23)33-5)27(31)16-14-22-13-15-25(34-7-2)26(19-22)35-8-3/h10-13,15,18-19,21H,6-9,14,16-17,20H2,1-5H3,(H,29,32)/t21-/m1/s1. The molecule has 0 saturated heterocycles. The average Bonchev–Trinajstić information content (AvgIpc) is 2.87. The zero-order valence-electron chi connectivity index (χ0n) is 21.8. The minimum Gasteiger partial charge on any atom is -0.497 e. The molecule has 0 aliphatic carbocycles. The van der Waals surface area contributed by atoms with E-state index in [0.717, 1.165) is 24.0 Å². The second kappa shape index (κ2) is 14.9. The van der Waals surface area contributed by atoms with Gasteiger partial charge in [-0.2, -0.15) is 0 Å². The van der Waals surface area contributed by atoms with E-state index in [-0.39, 0.29) is 18.2 Å². The highest BCUT2D eigenvalue weighted by atomic mass is 16.5. The van der Waals surface area contributed by atoms with E-state index < -0.39 is 6.04 Å². The van der Waals surface area contributed by atoms with Gasteiger partial charge in [-0.1, -0.05) is 31.5 Å². The fraction of sp³-hybridized carbons (Fsp3) is 0.500. The van der Waals surface area contributed by atoms with Gasteiger partial charge in [-0.15, -0.1) is 0 Å². The molecule has 0 saturated carbocycles. The number of benzene rings is 2. The van der Waals surface area contributed by atoms with Gasteiger partial charge >= 0.3 is 0 Å². The third-order valence-electron chi connectivity index (χ3n) is 5.72. The van der Waals surface area contributed by atoms with Gasteiger partial charge in [0, 0.05) is 19.5 Å². The predicted octanol–water partition coefficient (Wildman–Crippen LogP) is 4.76.